The minimum absolute atomic E-state index is 0.245. The number of para-hydroxylation sites is 1. The Morgan fingerprint density at radius 2 is 1.92 bits per heavy atom. The van der Waals surface area contributed by atoms with Gasteiger partial charge in [0.2, 0.25) is 0 Å². The predicted molar refractivity (Wildman–Crippen MR) is 99.9 cm³/mol. The lowest BCUT2D eigenvalue weighted by atomic mass is 10.2. The van der Waals surface area contributed by atoms with Gasteiger partial charge in [-0.15, -0.1) is 0 Å². The summed E-state index contributed by atoms with van der Waals surface area (Å²) in [7, 11) is 1.58. The van der Waals surface area contributed by atoms with E-state index in [4.69, 9.17) is 16.3 Å². The third-order valence-corrected chi connectivity index (χ3v) is 3.82. The van der Waals surface area contributed by atoms with E-state index in [-0.39, 0.29) is 5.91 Å². The molecule has 0 saturated heterocycles. The topological polar surface area (TPSA) is 63.2 Å². The first kappa shape index (κ1) is 16.8. The number of benzene rings is 2. The lowest BCUT2D eigenvalue weighted by molar-refractivity contribution is 0.102. The molecule has 5 nitrogen and oxygen atoms in total. The highest BCUT2D eigenvalue weighted by Gasteiger charge is 2.08. The number of ether oxygens (including phenoxy) is 1. The molecule has 0 aliphatic heterocycles. The fourth-order valence-corrected chi connectivity index (χ4v) is 2.39. The van der Waals surface area contributed by atoms with Crippen molar-refractivity contribution < 1.29 is 9.53 Å². The summed E-state index contributed by atoms with van der Waals surface area (Å²) in [5.41, 5.74) is 1.86. The molecule has 3 aromatic rings. The summed E-state index contributed by atoms with van der Waals surface area (Å²) in [5, 5.41) is 6.52. The zero-order valence-corrected chi connectivity index (χ0v) is 14.2. The fraction of sp³-hybridized carbons (Fsp3) is 0.0526. The van der Waals surface area contributed by atoms with Crippen LogP contribution in [0.2, 0.25) is 5.02 Å². The van der Waals surface area contributed by atoms with Crippen molar-refractivity contribution in [2.75, 3.05) is 17.7 Å². The number of carbonyl (C=O) groups excluding carboxylic acids is 1. The van der Waals surface area contributed by atoms with Crippen molar-refractivity contribution in [1.29, 1.82) is 0 Å². The highest BCUT2D eigenvalue weighted by Crippen LogP contribution is 2.24. The molecule has 0 aliphatic carbocycles. The summed E-state index contributed by atoms with van der Waals surface area (Å²) in [5.74, 6) is 1.03. The van der Waals surface area contributed by atoms with Gasteiger partial charge < -0.3 is 15.4 Å². The molecule has 0 radical (unpaired) electrons. The average molecular weight is 354 g/mol. The second-order valence-corrected chi connectivity index (χ2v) is 5.63. The number of pyridine rings is 1. The number of halogens is 1. The summed E-state index contributed by atoms with van der Waals surface area (Å²) in [6, 6.07) is 18.0. The molecule has 0 fully saturated rings. The molecule has 2 N–H and O–H groups in total. The van der Waals surface area contributed by atoms with E-state index < -0.39 is 0 Å². The van der Waals surface area contributed by atoms with Gasteiger partial charge in [0.25, 0.3) is 5.91 Å². The monoisotopic (exact) mass is 353 g/mol. The molecule has 0 unspecified atom stereocenters. The Morgan fingerprint density at radius 1 is 1.08 bits per heavy atom. The van der Waals surface area contributed by atoms with E-state index in [0.717, 1.165) is 5.69 Å². The van der Waals surface area contributed by atoms with Crippen LogP contribution in [-0.4, -0.2) is 18.0 Å². The molecule has 0 atom stereocenters. The van der Waals surface area contributed by atoms with Gasteiger partial charge in [0, 0.05) is 18.0 Å². The zero-order chi connectivity index (χ0) is 17.6. The molecule has 126 valence electrons. The van der Waals surface area contributed by atoms with Crippen molar-refractivity contribution in [3.63, 3.8) is 0 Å². The van der Waals surface area contributed by atoms with E-state index in [2.05, 4.69) is 15.6 Å². The molecule has 25 heavy (non-hydrogen) atoms. The van der Waals surface area contributed by atoms with Crippen molar-refractivity contribution in [1.82, 2.24) is 4.98 Å². The van der Waals surface area contributed by atoms with Crippen molar-refractivity contribution in [2.45, 2.75) is 0 Å². The van der Waals surface area contributed by atoms with Gasteiger partial charge in [-0.2, -0.15) is 0 Å². The normalized spacial score (nSPS) is 10.2. The molecule has 0 spiro atoms. The maximum absolute atomic E-state index is 12.3. The number of nitrogens with one attached hydrogen (secondary N) is 2. The zero-order valence-electron chi connectivity index (χ0n) is 13.5. The number of amides is 1. The summed E-state index contributed by atoms with van der Waals surface area (Å²) >= 11 is 6.11. The molecule has 2 aromatic carbocycles. The van der Waals surface area contributed by atoms with Crippen LogP contribution in [-0.2, 0) is 0 Å². The molecule has 6 heteroatoms. The van der Waals surface area contributed by atoms with Crippen molar-refractivity contribution in [3.05, 3.63) is 77.4 Å². The molecule has 1 heterocycles. The Balaban J connectivity index is 1.69. The summed E-state index contributed by atoms with van der Waals surface area (Å²) in [4.78, 5) is 16.6. The number of methoxy groups -OCH3 is 1. The second kappa shape index (κ2) is 7.68. The van der Waals surface area contributed by atoms with Gasteiger partial charge in [-0.3, -0.25) is 4.79 Å². The summed E-state index contributed by atoms with van der Waals surface area (Å²) < 4.78 is 5.14. The van der Waals surface area contributed by atoms with Gasteiger partial charge in [-0.25, -0.2) is 4.98 Å². The molecule has 1 amide bonds. The van der Waals surface area contributed by atoms with Gasteiger partial charge in [0.15, 0.2) is 0 Å². The van der Waals surface area contributed by atoms with Crippen molar-refractivity contribution in [3.8, 4) is 5.75 Å². The molecule has 0 bridgehead atoms. The Kier molecular flexibility index (Phi) is 5.16. The molecule has 0 saturated carbocycles. The summed E-state index contributed by atoms with van der Waals surface area (Å²) in [6.07, 6.45) is 1.51. The van der Waals surface area contributed by atoms with Crippen LogP contribution in [0.3, 0.4) is 0 Å². The predicted octanol–water partition coefficient (Wildman–Crippen LogP) is 4.74. The van der Waals surface area contributed by atoms with E-state index in [1.165, 1.54) is 6.20 Å². The second-order valence-electron chi connectivity index (χ2n) is 5.22. The van der Waals surface area contributed by atoms with E-state index in [0.29, 0.717) is 27.8 Å². The van der Waals surface area contributed by atoms with E-state index in [1.54, 1.807) is 37.4 Å². The lowest BCUT2D eigenvalue weighted by Crippen LogP contribution is -2.12. The minimum atomic E-state index is -0.245. The van der Waals surface area contributed by atoms with Gasteiger partial charge >= 0.3 is 0 Å². The van der Waals surface area contributed by atoms with Crippen LogP contribution >= 0.6 is 11.6 Å². The van der Waals surface area contributed by atoms with Crippen molar-refractivity contribution in [2.24, 2.45) is 0 Å². The van der Waals surface area contributed by atoms with Crippen LogP contribution in [0.1, 0.15) is 10.4 Å². The van der Waals surface area contributed by atoms with Crippen LogP contribution in [0.25, 0.3) is 0 Å². The SMILES string of the molecule is COc1cccc(NC(=O)c2ccc(Nc3ccccc3Cl)nc2)c1. The lowest BCUT2D eigenvalue weighted by Gasteiger charge is -2.09. The average Bonchev–Trinajstić information content (AvgIpc) is 2.64. The number of nitrogens with zero attached hydrogens (tertiary/aromatic N) is 1. The standard InChI is InChI=1S/C19H16ClN3O2/c1-25-15-6-4-5-14(11-15)22-19(24)13-9-10-18(21-12-13)23-17-8-3-2-7-16(17)20/h2-12H,1H3,(H,21,23)(H,22,24). The molecule has 1 aromatic heterocycles. The Morgan fingerprint density at radius 3 is 2.64 bits per heavy atom. The van der Waals surface area contributed by atoms with Gasteiger partial charge in [0.05, 0.1) is 23.4 Å². The fourth-order valence-electron chi connectivity index (χ4n) is 2.21. The first-order valence-corrected chi connectivity index (χ1v) is 7.96. The third-order valence-electron chi connectivity index (χ3n) is 3.49. The molecular weight excluding hydrogens is 338 g/mol. The number of rotatable bonds is 5. The number of hydrogen-bond donors (Lipinski definition) is 2. The maximum atomic E-state index is 12.3. The number of anilines is 3. The Bertz CT molecular complexity index is 882. The Hall–Kier alpha value is -3.05. The van der Waals surface area contributed by atoms with Gasteiger partial charge in [-0.1, -0.05) is 29.8 Å². The van der Waals surface area contributed by atoms with Crippen LogP contribution in [0.5, 0.6) is 5.75 Å². The van der Waals surface area contributed by atoms with E-state index >= 15 is 0 Å². The molecule has 3 rings (SSSR count). The van der Waals surface area contributed by atoms with Crippen LogP contribution in [0, 0.1) is 0 Å². The van der Waals surface area contributed by atoms with Crippen LogP contribution in [0.4, 0.5) is 17.2 Å². The molecule has 0 aliphatic rings. The Labute approximate surface area is 150 Å². The highest BCUT2D eigenvalue weighted by atomic mass is 35.5. The summed E-state index contributed by atoms with van der Waals surface area (Å²) in [6.45, 7) is 0. The quantitative estimate of drug-likeness (QED) is 0.695. The largest absolute Gasteiger partial charge is 0.497 e. The van der Waals surface area contributed by atoms with Crippen LogP contribution < -0.4 is 15.4 Å². The first-order chi connectivity index (χ1) is 12.2. The molecular formula is C19H16ClN3O2. The van der Waals surface area contributed by atoms with Gasteiger partial charge in [-0.05, 0) is 36.4 Å². The van der Waals surface area contributed by atoms with Crippen LogP contribution in [0.15, 0.2) is 66.9 Å². The first-order valence-electron chi connectivity index (χ1n) is 7.59. The van der Waals surface area contributed by atoms with Crippen molar-refractivity contribution >= 4 is 34.7 Å². The smallest absolute Gasteiger partial charge is 0.257 e. The highest BCUT2D eigenvalue weighted by molar-refractivity contribution is 6.33. The van der Waals surface area contributed by atoms with E-state index in [1.807, 2.05) is 30.3 Å². The van der Waals surface area contributed by atoms with Gasteiger partial charge in [0.1, 0.15) is 11.6 Å². The number of aromatic nitrogens is 1. The third kappa shape index (κ3) is 4.28. The maximum Gasteiger partial charge on any atom is 0.257 e. The number of carbonyl (C=O) groups is 1. The minimum Gasteiger partial charge on any atom is -0.497 e. The number of hydrogen-bond acceptors (Lipinski definition) is 4. The van der Waals surface area contributed by atoms with E-state index in [9.17, 15) is 4.79 Å².